The van der Waals surface area contributed by atoms with Gasteiger partial charge in [0, 0.05) is 18.7 Å². The SMILES string of the molecule is COc1ccccc1-c1cc(C(=O)NCCn2cnc3ccccc3c2=O)[nH]n1. The number of carbonyl (C=O) groups is 1. The number of nitrogens with zero attached hydrogens (tertiary/aromatic N) is 3. The molecule has 0 saturated carbocycles. The molecule has 2 heterocycles. The summed E-state index contributed by atoms with van der Waals surface area (Å²) in [6, 6.07) is 16.3. The van der Waals surface area contributed by atoms with Crippen LogP contribution in [0.1, 0.15) is 10.5 Å². The highest BCUT2D eigenvalue weighted by Gasteiger charge is 2.13. The van der Waals surface area contributed by atoms with E-state index in [2.05, 4.69) is 20.5 Å². The highest BCUT2D eigenvalue weighted by molar-refractivity contribution is 5.93. The molecule has 0 atom stereocenters. The highest BCUT2D eigenvalue weighted by Crippen LogP contribution is 2.28. The number of hydrogen-bond donors (Lipinski definition) is 2. The third-order valence-electron chi connectivity index (χ3n) is 4.58. The average molecular weight is 389 g/mol. The Morgan fingerprint density at radius 3 is 2.83 bits per heavy atom. The maximum atomic E-state index is 12.5. The van der Waals surface area contributed by atoms with Gasteiger partial charge in [0.15, 0.2) is 0 Å². The summed E-state index contributed by atoms with van der Waals surface area (Å²) >= 11 is 0. The monoisotopic (exact) mass is 389 g/mol. The lowest BCUT2D eigenvalue weighted by Gasteiger charge is -2.07. The van der Waals surface area contributed by atoms with Crippen LogP contribution < -0.4 is 15.6 Å². The molecule has 2 aromatic carbocycles. The van der Waals surface area contributed by atoms with Crippen LogP contribution in [-0.2, 0) is 6.54 Å². The van der Waals surface area contributed by atoms with Gasteiger partial charge in [-0.25, -0.2) is 4.98 Å². The van der Waals surface area contributed by atoms with E-state index < -0.39 is 0 Å². The number of fused-ring (bicyclic) bond motifs is 1. The Balaban J connectivity index is 1.43. The molecular formula is C21H19N5O3. The van der Waals surface area contributed by atoms with Crippen LogP contribution in [0.2, 0.25) is 0 Å². The number of rotatable bonds is 6. The molecule has 0 aliphatic heterocycles. The van der Waals surface area contributed by atoms with Crippen molar-refractivity contribution in [2.75, 3.05) is 13.7 Å². The second kappa shape index (κ2) is 7.97. The number of benzene rings is 2. The van der Waals surface area contributed by atoms with Gasteiger partial charge in [-0.05, 0) is 30.3 Å². The number of aromatic amines is 1. The first-order valence-electron chi connectivity index (χ1n) is 9.08. The van der Waals surface area contributed by atoms with E-state index in [0.29, 0.717) is 34.6 Å². The number of para-hydroxylation sites is 2. The molecule has 0 aliphatic carbocycles. The summed E-state index contributed by atoms with van der Waals surface area (Å²) in [6.45, 7) is 0.595. The number of methoxy groups -OCH3 is 1. The lowest BCUT2D eigenvalue weighted by molar-refractivity contribution is 0.0947. The lowest BCUT2D eigenvalue weighted by Crippen LogP contribution is -2.31. The van der Waals surface area contributed by atoms with Gasteiger partial charge in [-0.3, -0.25) is 19.3 Å². The Morgan fingerprint density at radius 2 is 1.97 bits per heavy atom. The van der Waals surface area contributed by atoms with Crippen LogP contribution in [0, 0.1) is 0 Å². The standard InChI is InChI=1S/C21H19N5O3/c1-29-19-9-5-3-6-14(19)17-12-18(25-24-17)20(27)22-10-11-26-13-23-16-8-4-2-7-15(16)21(26)28/h2-9,12-13H,10-11H2,1H3,(H,22,27)(H,24,25). The Labute approximate surface area is 166 Å². The van der Waals surface area contributed by atoms with Crippen molar-refractivity contribution in [1.29, 1.82) is 0 Å². The van der Waals surface area contributed by atoms with E-state index in [4.69, 9.17) is 4.74 Å². The second-order valence-electron chi connectivity index (χ2n) is 6.38. The average Bonchev–Trinajstić information content (AvgIpc) is 3.25. The number of nitrogens with one attached hydrogen (secondary N) is 2. The van der Waals surface area contributed by atoms with Gasteiger partial charge in [-0.2, -0.15) is 5.10 Å². The fourth-order valence-electron chi connectivity index (χ4n) is 3.08. The van der Waals surface area contributed by atoms with E-state index in [-0.39, 0.29) is 18.0 Å². The maximum absolute atomic E-state index is 12.5. The molecule has 2 N–H and O–H groups in total. The summed E-state index contributed by atoms with van der Waals surface area (Å²) in [5.41, 5.74) is 2.25. The van der Waals surface area contributed by atoms with Crippen LogP contribution in [0.5, 0.6) is 5.75 Å². The number of ether oxygens (including phenoxy) is 1. The zero-order valence-electron chi connectivity index (χ0n) is 15.8. The minimum atomic E-state index is -0.305. The van der Waals surface area contributed by atoms with Gasteiger partial charge in [0.25, 0.3) is 11.5 Å². The van der Waals surface area contributed by atoms with Crippen LogP contribution in [0.25, 0.3) is 22.2 Å². The summed E-state index contributed by atoms with van der Waals surface area (Å²) in [7, 11) is 1.59. The van der Waals surface area contributed by atoms with Gasteiger partial charge in [0.05, 0.1) is 30.0 Å². The Morgan fingerprint density at radius 1 is 1.17 bits per heavy atom. The third-order valence-corrected chi connectivity index (χ3v) is 4.58. The van der Waals surface area contributed by atoms with Crippen LogP contribution >= 0.6 is 0 Å². The van der Waals surface area contributed by atoms with Crippen molar-refractivity contribution < 1.29 is 9.53 Å². The Hall–Kier alpha value is -3.94. The molecule has 0 radical (unpaired) electrons. The number of H-pyrrole nitrogens is 1. The van der Waals surface area contributed by atoms with Gasteiger partial charge < -0.3 is 10.1 Å². The van der Waals surface area contributed by atoms with Crippen molar-refractivity contribution in [3.05, 3.63) is 77.0 Å². The predicted molar refractivity (Wildman–Crippen MR) is 109 cm³/mol. The van der Waals surface area contributed by atoms with E-state index >= 15 is 0 Å². The van der Waals surface area contributed by atoms with E-state index in [1.807, 2.05) is 30.3 Å². The fourth-order valence-corrected chi connectivity index (χ4v) is 3.08. The van der Waals surface area contributed by atoms with E-state index in [0.717, 1.165) is 5.56 Å². The normalized spacial score (nSPS) is 10.8. The molecule has 4 rings (SSSR count). The van der Waals surface area contributed by atoms with Crippen molar-refractivity contribution in [3.63, 3.8) is 0 Å². The van der Waals surface area contributed by atoms with Crippen molar-refractivity contribution >= 4 is 16.8 Å². The minimum Gasteiger partial charge on any atom is -0.496 e. The molecule has 0 bridgehead atoms. The van der Waals surface area contributed by atoms with Crippen LogP contribution in [0.4, 0.5) is 0 Å². The number of amides is 1. The van der Waals surface area contributed by atoms with Crippen LogP contribution in [-0.4, -0.2) is 39.3 Å². The van der Waals surface area contributed by atoms with Crippen molar-refractivity contribution in [1.82, 2.24) is 25.1 Å². The summed E-state index contributed by atoms with van der Waals surface area (Å²) in [5.74, 6) is 0.370. The molecular weight excluding hydrogens is 370 g/mol. The number of hydrogen-bond acceptors (Lipinski definition) is 5. The second-order valence-corrected chi connectivity index (χ2v) is 6.38. The molecule has 8 heteroatoms. The van der Waals surface area contributed by atoms with E-state index in [1.54, 1.807) is 31.4 Å². The summed E-state index contributed by atoms with van der Waals surface area (Å²) < 4.78 is 6.81. The minimum absolute atomic E-state index is 0.134. The largest absolute Gasteiger partial charge is 0.496 e. The summed E-state index contributed by atoms with van der Waals surface area (Å²) in [6.07, 6.45) is 1.49. The smallest absolute Gasteiger partial charge is 0.269 e. The van der Waals surface area contributed by atoms with Gasteiger partial charge in [0.1, 0.15) is 11.4 Å². The number of aromatic nitrogens is 4. The van der Waals surface area contributed by atoms with Crippen molar-refractivity contribution in [2.24, 2.45) is 0 Å². The predicted octanol–water partition coefficient (Wildman–Crippen LogP) is 2.23. The zero-order valence-corrected chi connectivity index (χ0v) is 15.8. The molecule has 1 amide bonds. The molecule has 29 heavy (non-hydrogen) atoms. The Kier molecular flexibility index (Phi) is 5.07. The van der Waals surface area contributed by atoms with Gasteiger partial charge >= 0.3 is 0 Å². The first-order valence-corrected chi connectivity index (χ1v) is 9.08. The molecule has 8 nitrogen and oxygen atoms in total. The van der Waals surface area contributed by atoms with Gasteiger partial charge in [-0.15, -0.1) is 0 Å². The topological polar surface area (TPSA) is 102 Å². The first-order chi connectivity index (χ1) is 14.2. The lowest BCUT2D eigenvalue weighted by atomic mass is 10.1. The highest BCUT2D eigenvalue weighted by atomic mass is 16.5. The van der Waals surface area contributed by atoms with Crippen molar-refractivity contribution in [2.45, 2.75) is 6.54 Å². The molecule has 0 spiro atoms. The fraction of sp³-hybridized carbons (Fsp3) is 0.143. The Bertz CT molecular complexity index is 1230. The molecule has 146 valence electrons. The molecule has 0 saturated heterocycles. The van der Waals surface area contributed by atoms with Gasteiger partial charge in [-0.1, -0.05) is 24.3 Å². The van der Waals surface area contributed by atoms with Crippen molar-refractivity contribution in [3.8, 4) is 17.0 Å². The summed E-state index contributed by atoms with van der Waals surface area (Å²) in [4.78, 5) is 29.2. The molecule has 4 aromatic rings. The van der Waals surface area contributed by atoms with Gasteiger partial charge in [0.2, 0.25) is 0 Å². The van der Waals surface area contributed by atoms with E-state index in [9.17, 15) is 9.59 Å². The molecule has 0 aliphatic rings. The van der Waals surface area contributed by atoms with E-state index in [1.165, 1.54) is 10.9 Å². The molecule has 0 unspecified atom stereocenters. The molecule has 2 aromatic heterocycles. The molecule has 0 fully saturated rings. The van der Waals surface area contributed by atoms with Crippen LogP contribution in [0.3, 0.4) is 0 Å². The maximum Gasteiger partial charge on any atom is 0.269 e. The third kappa shape index (κ3) is 3.73. The quantitative estimate of drug-likeness (QED) is 0.527. The zero-order chi connectivity index (χ0) is 20.2. The van der Waals surface area contributed by atoms with Crippen LogP contribution in [0.15, 0.2) is 65.7 Å². The summed E-state index contributed by atoms with van der Waals surface area (Å²) in [5, 5.41) is 10.3. The number of carbonyl (C=O) groups excluding carboxylic acids is 1. The first kappa shape index (κ1) is 18.4.